The molecule has 2 aliphatic heterocycles. The Morgan fingerprint density at radius 3 is 2.80 bits per heavy atom. The minimum Gasteiger partial charge on any atom is -0.383 e. The number of anilines is 1. The first-order valence-corrected chi connectivity index (χ1v) is 10.0. The molecule has 0 unspecified atom stereocenters. The summed E-state index contributed by atoms with van der Waals surface area (Å²) < 4.78 is 61.2. The van der Waals surface area contributed by atoms with E-state index in [2.05, 4.69) is 0 Å². The normalized spacial score (nSPS) is 23.2. The Hall–Kier alpha value is -1.25. The van der Waals surface area contributed by atoms with Gasteiger partial charge in [-0.25, -0.2) is 8.42 Å². The van der Waals surface area contributed by atoms with E-state index in [9.17, 15) is 17.2 Å². The zero-order chi connectivity index (χ0) is 18.2. The van der Waals surface area contributed by atoms with Crippen molar-refractivity contribution in [3.05, 3.63) is 23.8 Å². The molecular formula is C17H24F2N2O3S. The predicted molar refractivity (Wildman–Crippen MR) is 91.6 cm³/mol. The van der Waals surface area contributed by atoms with Crippen LogP contribution >= 0.6 is 0 Å². The maximum absolute atomic E-state index is 14.4. The Labute approximate surface area is 147 Å². The van der Waals surface area contributed by atoms with Gasteiger partial charge in [-0.1, -0.05) is 6.92 Å². The second-order valence-corrected chi connectivity index (χ2v) is 8.56. The molecule has 2 heterocycles. The number of sulfonamides is 1. The first-order valence-electron chi connectivity index (χ1n) is 8.59. The standard InChI is InChI=1S/C17H24F2N2O3S/c1-3-8-20-12-17(18,19)15-10-14(6-7-16(15)20)25(22,23)21-9-4-5-13(21)11-24-2/h6-7,10,13H,3-5,8-9,11-12H2,1-2H3/t13-/m0/s1. The monoisotopic (exact) mass is 374 g/mol. The lowest BCUT2D eigenvalue weighted by molar-refractivity contribution is 0.0138. The highest BCUT2D eigenvalue weighted by Gasteiger charge is 2.45. The molecule has 0 amide bonds. The molecule has 5 nitrogen and oxygen atoms in total. The number of rotatable bonds is 6. The van der Waals surface area contributed by atoms with Gasteiger partial charge < -0.3 is 9.64 Å². The molecule has 1 fully saturated rings. The molecule has 3 rings (SSSR count). The number of alkyl halides is 2. The molecule has 0 aromatic heterocycles. The molecule has 1 aromatic rings. The number of fused-ring (bicyclic) bond motifs is 1. The number of hydrogen-bond acceptors (Lipinski definition) is 4. The summed E-state index contributed by atoms with van der Waals surface area (Å²) in [5, 5.41) is 0. The fourth-order valence-electron chi connectivity index (χ4n) is 3.74. The third-order valence-corrected chi connectivity index (χ3v) is 6.82. The van der Waals surface area contributed by atoms with Gasteiger partial charge in [0.2, 0.25) is 10.0 Å². The van der Waals surface area contributed by atoms with Crippen LogP contribution in [0.3, 0.4) is 0 Å². The van der Waals surface area contributed by atoms with Crippen molar-refractivity contribution >= 4 is 15.7 Å². The third-order valence-electron chi connectivity index (χ3n) is 4.87. The second kappa shape index (κ2) is 6.81. The molecule has 8 heteroatoms. The second-order valence-electron chi connectivity index (χ2n) is 6.67. The topological polar surface area (TPSA) is 49.9 Å². The first kappa shape index (κ1) is 18.5. The van der Waals surface area contributed by atoms with Crippen molar-refractivity contribution in [2.24, 2.45) is 0 Å². The summed E-state index contributed by atoms with van der Waals surface area (Å²) in [6, 6.07) is 3.88. The maximum atomic E-state index is 14.4. The van der Waals surface area contributed by atoms with Gasteiger partial charge in [-0.3, -0.25) is 0 Å². The van der Waals surface area contributed by atoms with E-state index in [1.165, 1.54) is 23.5 Å². The number of ether oxygens (including phenoxy) is 1. The van der Waals surface area contributed by atoms with E-state index in [1.807, 2.05) is 6.92 Å². The van der Waals surface area contributed by atoms with Gasteiger partial charge in [0.25, 0.3) is 5.92 Å². The van der Waals surface area contributed by atoms with Crippen LogP contribution in [0.5, 0.6) is 0 Å². The zero-order valence-corrected chi connectivity index (χ0v) is 15.4. The minimum absolute atomic E-state index is 0.0627. The van der Waals surface area contributed by atoms with Gasteiger partial charge >= 0.3 is 0 Å². The number of methoxy groups -OCH3 is 1. The van der Waals surface area contributed by atoms with Crippen LogP contribution < -0.4 is 4.90 Å². The lowest BCUT2D eigenvalue weighted by Crippen LogP contribution is -2.38. The Bertz CT molecular complexity index is 739. The van der Waals surface area contributed by atoms with Crippen molar-refractivity contribution in [1.82, 2.24) is 4.31 Å². The Balaban J connectivity index is 1.96. The number of nitrogens with zero attached hydrogens (tertiary/aromatic N) is 2. The average Bonchev–Trinajstić information content (AvgIpc) is 3.12. The lowest BCUT2D eigenvalue weighted by Gasteiger charge is -2.24. The molecule has 0 aliphatic carbocycles. The fourth-order valence-corrected chi connectivity index (χ4v) is 5.45. The van der Waals surface area contributed by atoms with Crippen molar-refractivity contribution in [2.75, 3.05) is 38.3 Å². The molecule has 1 atom stereocenters. The van der Waals surface area contributed by atoms with Gasteiger partial charge in [0.1, 0.15) is 0 Å². The molecule has 1 saturated heterocycles. The van der Waals surface area contributed by atoms with E-state index < -0.39 is 22.5 Å². The number of benzene rings is 1. The molecule has 0 spiro atoms. The summed E-state index contributed by atoms with van der Waals surface area (Å²) >= 11 is 0. The molecular weight excluding hydrogens is 350 g/mol. The highest BCUT2D eigenvalue weighted by Crippen LogP contribution is 2.44. The number of hydrogen-bond donors (Lipinski definition) is 0. The van der Waals surface area contributed by atoms with E-state index in [0.29, 0.717) is 25.4 Å². The van der Waals surface area contributed by atoms with Crippen LogP contribution in [0.2, 0.25) is 0 Å². The molecule has 1 aromatic carbocycles. The van der Waals surface area contributed by atoms with Crippen LogP contribution in [0.1, 0.15) is 31.7 Å². The van der Waals surface area contributed by atoms with Gasteiger partial charge in [-0.2, -0.15) is 13.1 Å². The van der Waals surface area contributed by atoms with Crippen LogP contribution in [0.15, 0.2) is 23.1 Å². The summed E-state index contributed by atoms with van der Waals surface area (Å²) in [5.41, 5.74) is 0.241. The van der Waals surface area contributed by atoms with E-state index in [0.717, 1.165) is 25.3 Å². The van der Waals surface area contributed by atoms with Gasteiger partial charge in [-0.05, 0) is 37.5 Å². The largest absolute Gasteiger partial charge is 0.383 e. The first-order chi connectivity index (χ1) is 11.8. The van der Waals surface area contributed by atoms with Crippen LogP contribution in [-0.2, 0) is 20.7 Å². The third kappa shape index (κ3) is 3.27. The molecule has 0 radical (unpaired) electrons. The SMILES string of the molecule is CCCN1CC(F)(F)c2cc(S(=O)(=O)N3CCC[C@H]3COC)ccc21. The lowest BCUT2D eigenvalue weighted by atomic mass is 10.1. The minimum atomic E-state index is -3.81. The molecule has 0 bridgehead atoms. The van der Waals surface area contributed by atoms with Crippen molar-refractivity contribution in [1.29, 1.82) is 0 Å². The Morgan fingerprint density at radius 2 is 2.12 bits per heavy atom. The van der Waals surface area contributed by atoms with Gasteiger partial charge in [0.05, 0.1) is 18.0 Å². The van der Waals surface area contributed by atoms with E-state index in [1.54, 1.807) is 4.90 Å². The molecule has 25 heavy (non-hydrogen) atoms. The summed E-state index contributed by atoms with van der Waals surface area (Å²) in [6.07, 6.45) is 2.22. The van der Waals surface area contributed by atoms with Crippen molar-refractivity contribution < 1.29 is 21.9 Å². The van der Waals surface area contributed by atoms with Crippen LogP contribution in [0.4, 0.5) is 14.5 Å². The molecule has 0 N–H and O–H groups in total. The Kier molecular flexibility index (Phi) is 5.05. The van der Waals surface area contributed by atoms with Crippen molar-refractivity contribution in [3.63, 3.8) is 0 Å². The molecule has 140 valence electrons. The van der Waals surface area contributed by atoms with Crippen molar-refractivity contribution in [2.45, 2.75) is 43.0 Å². The van der Waals surface area contributed by atoms with Gasteiger partial charge in [0, 0.05) is 37.5 Å². The average molecular weight is 374 g/mol. The predicted octanol–water partition coefficient (Wildman–Crippen LogP) is 2.81. The summed E-state index contributed by atoms with van der Waals surface area (Å²) in [7, 11) is -2.28. The van der Waals surface area contributed by atoms with Crippen LogP contribution in [0.25, 0.3) is 0 Å². The molecule has 0 saturated carbocycles. The van der Waals surface area contributed by atoms with Gasteiger partial charge in [-0.15, -0.1) is 0 Å². The van der Waals surface area contributed by atoms with E-state index in [-0.39, 0.29) is 16.5 Å². The maximum Gasteiger partial charge on any atom is 0.292 e. The quantitative estimate of drug-likeness (QED) is 0.768. The van der Waals surface area contributed by atoms with E-state index in [4.69, 9.17) is 4.74 Å². The smallest absolute Gasteiger partial charge is 0.292 e. The Morgan fingerprint density at radius 1 is 1.36 bits per heavy atom. The van der Waals surface area contributed by atoms with Crippen molar-refractivity contribution in [3.8, 4) is 0 Å². The number of halogens is 2. The van der Waals surface area contributed by atoms with Crippen LogP contribution in [-0.4, -0.2) is 52.1 Å². The van der Waals surface area contributed by atoms with Crippen LogP contribution in [0, 0.1) is 0 Å². The zero-order valence-electron chi connectivity index (χ0n) is 14.5. The summed E-state index contributed by atoms with van der Waals surface area (Å²) in [5.74, 6) is -3.03. The molecule has 2 aliphatic rings. The summed E-state index contributed by atoms with van der Waals surface area (Å²) in [4.78, 5) is 1.56. The fraction of sp³-hybridized carbons (Fsp3) is 0.647. The highest BCUT2D eigenvalue weighted by molar-refractivity contribution is 7.89. The summed E-state index contributed by atoms with van der Waals surface area (Å²) in [6.45, 7) is 2.76. The van der Waals surface area contributed by atoms with E-state index >= 15 is 0 Å². The van der Waals surface area contributed by atoms with Gasteiger partial charge in [0.15, 0.2) is 0 Å². The highest BCUT2D eigenvalue weighted by atomic mass is 32.2.